The normalized spacial score (nSPS) is 10.0. The van der Waals surface area contributed by atoms with E-state index in [1.165, 1.54) is 11.1 Å². The summed E-state index contributed by atoms with van der Waals surface area (Å²) in [6.07, 6.45) is 0. The fourth-order valence-electron chi connectivity index (χ4n) is 2.90. The molecule has 0 atom stereocenters. The molecule has 0 bridgehead atoms. The second-order valence-electron chi connectivity index (χ2n) is 5.63. The van der Waals surface area contributed by atoms with Gasteiger partial charge in [0.25, 0.3) is 0 Å². The molecule has 3 heteroatoms. The number of hydrogen-bond acceptors (Lipinski definition) is 2. The molecule has 4 rings (SSSR count). The molecule has 0 aliphatic rings. The SMILES string of the molecule is Cl.N#Cc1ccc(-c2cc(-c3ccccc3)c3ccccc3n2)cc1. The standard InChI is InChI=1S/C22H14N2.ClH/c23-15-16-10-12-18(13-11-16)22-14-20(17-6-2-1-3-7-17)19-8-4-5-9-21(19)24-22;/h1-14H;1H. The lowest BCUT2D eigenvalue weighted by atomic mass is 9.98. The molecule has 0 saturated heterocycles. The zero-order chi connectivity index (χ0) is 16.4. The van der Waals surface area contributed by atoms with Gasteiger partial charge in [0, 0.05) is 10.9 Å². The number of fused-ring (bicyclic) bond motifs is 1. The van der Waals surface area contributed by atoms with Crippen molar-refractivity contribution in [3.05, 3.63) is 90.5 Å². The van der Waals surface area contributed by atoms with Crippen LogP contribution in [0.5, 0.6) is 0 Å². The summed E-state index contributed by atoms with van der Waals surface area (Å²) in [7, 11) is 0. The molecule has 0 fully saturated rings. The molecular formula is C22H15ClN2. The number of aromatic nitrogens is 1. The molecule has 3 aromatic carbocycles. The lowest BCUT2D eigenvalue weighted by Crippen LogP contribution is -1.90. The Morgan fingerprint density at radius 3 is 2.12 bits per heavy atom. The maximum Gasteiger partial charge on any atom is 0.0991 e. The molecule has 0 aliphatic heterocycles. The Balaban J connectivity index is 0.00000182. The second-order valence-corrected chi connectivity index (χ2v) is 5.63. The van der Waals surface area contributed by atoms with Gasteiger partial charge in [0.2, 0.25) is 0 Å². The smallest absolute Gasteiger partial charge is 0.0991 e. The minimum Gasteiger partial charge on any atom is -0.248 e. The van der Waals surface area contributed by atoms with Crippen molar-refractivity contribution in [2.45, 2.75) is 0 Å². The molecule has 1 aromatic heterocycles. The number of para-hydroxylation sites is 1. The van der Waals surface area contributed by atoms with E-state index in [1.807, 2.05) is 60.7 Å². The van der Waals surface area contributed by atoms with Crippen LogP contribution in [0.15, 0.2) is 84.9 Å². The predicted molar refractivity (Wildman–Crippen MR) is 105 cm³/mol. The number of halogens is 1. The first-order valence-electron chi connectivity index (χ1n) is 7.81. The Bertz CT molecular complexity index is 1050. The molecule has 0 aliphatic carbocycles. The van der Waals surface area contributed by atoms with Crippen LogP contribution in [-0.2, 0) is 0 Å². The topological polar surface area (TPSA) is 36.7 Å². The van der Waals surface area contributed by atoms with Gasteiger partial charge in [-0.3, -0.25) is 0 Å². The van der Waals surface area contributed by atoms with Crippen LogP contribution in [0.4, 0.5) is 0 Å². The van der Waals surface area contributed by atoms with Crippen molar-refractivity contribution < 1.29 is 0 Å². The van der Waals surface area contributed by atoms with Crippen LogP contribution in [0.25, 0.3) is 33.3 Å². The zero-order valence-corrected chi connectivity index (χ0v) is 14.2. The molecule has 2 nitrogen and oxygen atoms in total. The third-order valence-corrected chi connectivity index (χ3v) is 4.11. The van der Waals surface area contributed by atoms with Gasteiger partial charge in [0.1, 0.15) is 0 Å². The molecule has 120 valence electrons. The van der Waals surface area contributed by atoms with E-state index in [2.05, 4.69) is 30.3 Å². The lowest BCUT2D eigenvalue weighted by Gasteiger charge is -2.10. The van der Waals surface area contributed by atoms with Gasteiger partial charge in [-0.2, -0.15) is 5.26 Å². The maximum absolute atomic E-state index is 8.97. The van der Waals surface area contributed by atoms with E-state index in [0.717, 1.165) is 22.2 Å². The Hall–Kier alpha value is -3.15. The zero-order valence-electron chi connectivity index (χ0n) is 13.4. The van der Waals surface area contributed by atoms with Crippen molar-refractivity contribution in [1.29, 1.82) is 5.26 Å². The van der Waals surface area contributed by atoms with Crippen molar-refractivity contribution in [2.24, 2.45) is 0 Å². The first-order valence-corrected chi connectivity index (χ1v) is 7.81. The summed E-state index contributed by atoms with van der Waals surface area (Å²) in [5.41, 5.74) is 5.89. The Kier molecular flexibility index (Phi) is 4.79. The van der Waals surface area contributed by atoms with Crippen LogP contribution in [0.3, 0.4) is 0 Å². The van der Waals surface area contributed by atoms with Gasteiger partial charge in [-0.15, -0.1) is 12.4 Å². The van der Waals surface area contributed by atoms with E-state index in [9.17, 15) is 0 Å². The van der Waals surface area contributed by atoms with Crippen molar-refractivity contribution >= 4 is 23.3 Å². The first-order chi connectivity index (χ1) is 11.8. The number of hydrogen-bond donors (Lipinski definition) is 0. The highest BCUT2D eigenvalue weighted by molar-refractivity contribution is 5.96. The number of benzene rings is 3. The molecular weight excluding hydrogens is 328 g/mol. The summed E-state index contributed by atoms with van der Waals surface area (Å²) < 4.78 is 0. The van der Waals surface area contributed by atoms with Crippen LogP contribution < -0.4 is 0 Å². The van der Waals surface area contributed by atoms with Crippen LogP contribution in [0.1, 0.15) is 5.56 Å². The number of nitriles is 1. The van der Waals surface area contributed by atoms with E-state index in [4.69, 9.17) is 10.2 Å². The summed E-state index contributed by atoms with van der Waals surface area (Å²) in [6.45, 7) is 0. The van der Waals surface area contributed by atoms with Gasteiger partial charge in [-0.05, 0) is 35.4 Å². The van der Waals surface area contributed by atoms with Gasteiger partial charge in [-0.25, -0.2) is 4.98 Å². The van der Waals surface area contributed by atoms with Crippen LogP contribution in [-0.4, -0.2) is 4.98 Å². The maximum atomic E-state index is 8.97. The minimum absolute atomic E-state index is 0. The quantitative estimate of drug-likeness (QED) is 0.457. The summed E-state index contributed by atoms with van der Waals surface area (Å²) in [4.78, 5) is 4.80. The van der Waals surface area contributed by atoms with E-state index < -0.39 is 0 Å². The molecule has 0 spiro atoms. The van der Waals surface area contributed by atoms with E-state index in [-0.39, 0.29) is 12.4 Å². The van der Waals surface area contributed by atoms with Crippen molar-refractivity contribution in [2.75, 3.05) is 0 Å². The number of rotatable bonds is 2. The van der Waals surface area contributed by atoms with Gasteiger partial charge in [0.05, 0.1) is 22.8 Å². The molecule has 0 saturated carbocycles. The first kappa shape index (κ1) is 16.7. The highest BCUT2D eigenvalue weighted by Crippen LogP contribution is 2.31. The predicted octanol–water partition coefficient (Wildman–Crippen LogP) is 5.86. The van der Waals surface area contributed by atoms with Gasteiger partial charge in [0.15, 0.2) is 0 Å². The molecule has 0 amide bonds. The molecule has 0 unspecified atom stereocenters. The molecule has 25 heavy (non-hydrogen) atoms. The Morgan fingerprint density at radius 1 is 0.720 bits per heavy atom. The Morgan fingerprint density at radius 2 is 1.40 bits per heavy atom. The average molecular weight is 343 g/mol. The molecule has 1 heterocycles. The third kappa shape index (κ3) is 3.24. The Labute approximate surface area is 152 Å². The summed E-state index contributed by atoms with van der Waals surface area (Å²) in [5, 5.41) is 10.1. The monoisotopic (exact) mass is 342 g/mol. The molecule has 4 aromatic rings. The van der Waals surface area contributed by atoms with Crippen LogP contribution in [0, 0.1) is 11.3 Å². The summed E-state index contributed by atoms with van der Waals surface area (Å²) in [5.74, 6) is 0. The summed E-state index contributed by atoms with van der Waals surface area (Å²) in [6, 6.07) is 30.4. The third-order valence-electron chi connectivity index (χ3n) is 4.11. The van der Waals surface area contributed by atoms with Crippen LogP contribution >= 0.6 is 12.4 Å². The summed E-state index contributed by atoms with van der Waals surface area (Å²) >= 11 is 0. The fourth-order valence-corrected chi connectivity index (χ4v) is 2.90. The largest absolute Gasteiger partial charge is 0.248 e. The van der Waals surface area contributed by atoms with E-state index >= 15 is 0 Å². The van der Waals surface area contributed by atoms with Gasteiger partial charge < -0.3 is 0 Å². The van der Waals surface area contributed by atoms with Crippen molar-refractivity contribution in [3.63, 3.8) is 0 Å². The van der Waals surface area contributed by atoms with Crippen molar-refractivity contribution in [3.8, 4) is 28.5 Å². The van der Waals surface area contributed by atoms with E-state index in [0.29, 0.717) is 5.56 Å². The number of pyridine rings is 1. The highest BCUT2D eigenvalue weighted by atomic mass is 35.5. The number of nitrogens with zero attached hydrogens (tertiary/aromatic N) is 2. The fraction of sp³-hybridized carbons (Fsp3) is 0. The van der Waals surface area contributed by atoms with Gasteiger partial charge >= 0.3 is 0 Å². The molecule has 0 N–H and O–H groups in total. The van der Waals surface area contributed by atoms with Crippen molar-refractivity contribution in [1.82, 2.24) is 4.98 Å². The molecule has 0 radical (unpaired) electrons. The second kappa shape index (κ2) is 7.17. The average Bonchev–Trinajstić information content (AvgIpc) is 2.68. The van der Waals surface area contributed by atoms with Crippen LogP contribution in [0.2, 0.25) is 0 Å². The minimum atomic E-state index is 0. The van der Waals surface area contributed by atoms with Gasteiger partial charge in [-0.1, -0.05) is 60.7 Å². The van der Waals surface area contributed by atoms with E-state index in [1.54, 1.807) is 0 Å². The highest BCUT2D eigenvalue weighted by Gasteiger charge is 2.09. The lowest BCUT2D eigenvalue weighted by molar-refractivity contribution is 1.39.